The molecule has 2 amide bonds. The Morgan fingerprint density at radius 3 is 1.22 bits per heavy atom. The third-order valence-corrected chi connectivity index (χ3v) is 29.4. The number of nitrogens with one attached hydrogen (secondary N) is 2. The number of halogens is 1. The number of ether oxygens (including phenoxy) is 7. The molecule has 5 saturated heterocycles. The van der Waals surface area contributed by atoms with E-state index in [1.54, 1.807) is 13.0 Å². The molecule has 0 spiro atoms. The first kappa shape index (κ1) is 96.8. The van der Waals surface area contributed by atoms with Crippen LogP contribution in [0.4, 0.5) is 9.59 Å². The minimum absolute atomic E-state index is 0. The molecule has 5 N–H and O–H groups in total. The summed E-state index contributed by atoms with van der Waals surface area (Å²) >= 11 is 4.24. The van der Waals surface area contributed by atoms with Crippen molar-refractivity contribution in [1.82, 2.24) is 10.6 Å². The van der Waals surface area contributed by atoms with Crippen LogP contribution in [0.2, 0.25) is 0 Å². The second-order valence-electron chi connectivity index (χ2n) is 32.8. The molecule has 14 nitrogen and oxygen atoms in total. The van der Waals surface area contributed by atoms with Crippen LogP contribution in [0.3, 0.4) is 0 Å². The zero-order valence-corrected chi connectivity index (χ0v) is 71.1. The molecule has 3 aromatic carbocycles. The first-order valence-electron chi connectivity index (χ1n) is 38.6. The van der Waals surface area contributed by atoms with Crippen molar-refractivity contribution in [3.8, 4) is 0 Å². The van der Waals surface area contributed by atoms with Crippen molar-refractivity contribution in [3.05, 3.63) is 177 Å². The zero-order valence-electron chi connectivity index (χ0n) is 68.6. The number of aliphatic hydroxyl groups is 1. The summed E-state index contributed by atoms with van der Waals surface area (Å²) in [5.74, 6) is 2.36. The van der Waals surface area contributed by atoms with Gasteiger partial charge in [-0.15, -0.1) is 13.2 Å². The minimum atomic E-state index is -2.56. The van der Waals surface area contributed by atoms with Crippen LogP contribution < -0.4 is 32.3 Å². The molecule has 0 radical (unpaired) electrons. The van der Waals surface area contributed by atoms with Gasteiger partial charge >= 0.3 is 147 Å². The Balaban J connectivity index is 0.000000438. The van der Waals surface area contributed by atoms with E-state index >= 15 is 0 Å². The van der Waals surface area contributed by atoms with Gasteiger partial charge in [0, 0.05) is 18.4 Å². The summed E-state index contributed by atoms with van der Waals surface area (Å²) in [6, 6.07) is 32.4. The van der Waals surface area contributed by atoms with E-state index in [1.807, 2.05) is 100 Å². The molecule has 5 aliphatic rings. The molecule has 20 atom stereocenters. The third-order valence-electron chi connectivity index (χ3n) is 21.2. The topological polar surface area (TPSA) is 186 Å². The number of amides is 2. The van der Waals surface area contributed by atoms with Crippen LogP contribution in [-0.4, -0.2) is 120 Å². The average Bonchev–Trinajstić information content (AvgIpc) is 0.719. The standard InChI is InChI=1S/C19H18BrP.C18H31NO3.C17H29NO4.C13H23NO.C11H20O2.C11H20O.CH4/c1-21(20,17-11-5-2-6-12-17,18-13-7-3-8-14-18)19-15-9-4-10-16-19;1-8-12(2)9-10-16-13(3)11-15(14(4)21-16)19-17(20)22-18(5,6)7;1-11(10-19)7-8-15-12(2)9-14(13(3)21-15)18-16(20)22-17(4,5)6;1-5-9(2)6-7-13-10(3)8-12(14)11(4)15-13;1-5-6-11(12)9(3)7-8(2)10(4)13-11;1-5-6-11-9(3)7-8(2)10(4)12-11;/h2-16H,1H3;8-9,13-16H,1,10-11H2,2-7H3,(H,19,20);7,10,12-15H,8-9H2,1-6H3,(H,18,20);5-6,10-13H,1,7-8,14H2,2-4H3;5,8-10,12H,1,6-7H2,2-4H3;5,8-11H,1,6-7H2,2-4H3;1H4/b;12-9+;11-7+;9-6+;;;/t;13-,14+,15+,16-;12-,13+,14+,15-;10-,11+,12+,13-;8-,9+,10-,11?;8-,9+,10-,11+;/m.00011./s1. The SMILES string of the molecule is C.C/C(C=O)=C\C[C@@H]1O[C@H](C)[C@H](NC(=O)OC(C)(C)C)C[C@@H]1C.C=C/C(C)=C/C[C@@H]1O[C@H](C)[C@H](N)C[C@@H]1C.C=C/C(C)=C/C[C@@H]1O[C@H](C)[C@H](NC(=O)OC(C)(C)C)C[C@@H]1C.C=CCC1(O)O[C@H](C)[C@H](C)C[C@@H]1C.C=CC[C@@H]1O[C@H](C)[C@H](C)C[C@@H]1C.CP(Br)(c1ccccc1)(c1ccccc1)c1ccccc1. The van der Waals surface area contributed by atoms with Crippen molar-refractivity contribution in [2.24, 2.45) is 47.2 Å². The quantitative estimate of drug-likeness (QED) is 0.0311. The molecule has 8 rings (SSSR count). The summed E-state index contributed by atoms with van der Waals surface area (Å²) in [7, 11) is 0. The first-order chi connectivity index (χ1) is 49.0. The van der Waals surface area contributed by atoms with E-state index in [1.165, 1.54) is 27.9 Å². The molecule has 598 valence electrons. The molecule has 106 heavy (non-hydrogen) atoms. The van der Waals surface area contributed by atoms with Gasteiger partial charge in [-0.2, -0.15) is 0 Å². The van der Waals surface area contributed by atoms with Gasteiger partial charge in [0.05, 0.1) is 67.0 Å². The van der Waals surface area contributed by atoms with Gasteiger partial charge in [0.1, 0.15) is 17.5 Å². The molecule has 0 bridgehead atoms. The number of carbonyl (C=O) groups excluding carboxylic acids is 3. The van der Waals surface area contributed by atoms with Crippen LogP contribution >= 0.6 is 20.8 Å². The summed E-state index contributed by atoms with van der Waals surface area (Å²) in [6.07, 6.45) is 24.5. The number of alkyl carbamates (subject to hydrolysis) is 2. The van der Waals surface area contributed by atoms with E-state index in [0.29, 0.717) is 60.2 Å². The molecular formula is C90H145BrN3O11P. The zero-order chi connectivity index (χ0) is 79.2. The number of aldehydes is 1. The third kappa shape index (κ3) is 31.9. The van der Waals surface area contributed by atoms with E-state index < -0.39 is 28.4 Å². The van der Waals surface area contributed by atoms with Gasteiger partial charge in [0.2, 0.25) is 0 Å². The normalized spacial score (nSPS) is 30.8. The molecule has 0 aromatic heterocycles. The van der Waals surface area contributed by atoms with Crippen LogP contribution in [0.1, 0.15) is 217 Å². The number of rotatable bonds is 18. The molecule has 5 fully saturated rings. The predicted molar refractivity (Wildman–Crippen MR) is 452 cm³/mol. The number of carbonyl (C=O) groups is 3. The Kier molecular flexibility index (Phi) is 41.7. The van der Waals surface area contributed by atoms with Crippen molar-refractivity contribution >= 4 is 55.2 Å². The van der Waals surface area contributed by atoms with Crippen LogP contribution in [0.15, 0.2) is 177 Å². The van der Waals surface area contributed by atoms with Crippen molar-refractivity contribution in [1.29, 1.82) is 0 Å². The predicted octanol–water partition coefficient (Wildman–Crippen LogP) is 20.5. The molecule has 0 saturated carbocycles. The van der Waals surface area contributed by atoms with Crippen LogP contribution in [0.25, 0.3) is 0 Å². The van der Waals surface area contributed by atoms with Gasteiger partial charge < -0.3 is 54.6 Å². The fourth-order valence-corrected chi connectivity index (χ4v) is 19.4. The van der Waals surface area contributed by atoms with Gasteiger partial charge in [-0.1, -0.05) is 123 Å². The fourth-order valence-electron chi connectivity index (χ4n) is 13.7. The van der Waals surface area contributed by atoms with Crippen LogP contribution in [0, 0.1) is 41.4 Å². The Labute approximate surface area is 652 Å². The van der Waals surface area contributed by atoms with E-state index in [2.05, 4.69) is 225 Å². The van der Waals surface area contributed by atoms with Crippen molar-refractivity contribution in [2.75, 3.05) is 6.66 Å². The Hall–Kier alpha value is -5.32. The second-order valence-corrected chi connectivity index (χ2v) is 42.6. The summed E-state index contributed by atoms with van der Waals surface area (Å²) in [5, 5.41) is 17.4. The fraction of sp³-hybridized carbons (Fsp3) is 0.611. The summed E-state index contributed by atoms with van der Waals surface area (Å²) < 4.78 is 40.1. The summed E-state index contributed by atoms with van der Waals surface area (Å²) in [6.45, 7) is 59.7. The maximum atomic E-state index is 11.9. The summed E-state index contributed by atoms with van der Waals surface area (Å²) in [5.41, 5.74) is 8.07. The second kappa shape index (κ2) is 45.7. The number of allylic oxidation sites excluding steroid dienone is 5. The van der Waals surface area contributed by atoms with Crippen molar-refractivity contribution < 1.29 is 52.6 Å². The molecule has 1 unspecified atom stereocenters. The molecule has 0 aliphatic carbocycles. The molecule has 3 aromatic rings. The number of nitrogens with two attached hydrogens (primary N) is 1. The Morgan fingerprint density at radius 2 is 0.858 bits per heavy atom. The van der Waals surface area contributed by atoms with Crippen molar-refractivity contribution in [2.45, 2.75) is 307 Å². The van der Waals surface area contributed by atoms with Gasteiger partial charge in [0.15, 0.2) is 5.79 Å². The van der Waals surface area contributed by atoms with Gasteiger partial charge in [-0.05, 0) is 196 Å². The Bertz CT molecular complexity index is 3020. The number of hydrogen-bond donors (Lipinski definition) is 4. The monoisotopic (exact) mass is 1550 g/mol. The van der Waals surface area contributed by atoms with Crippen molar-refractivity contribution in [3.63, 3.8) is 0 Å². The van der Waals surface area contributed by atoms with E-state index in [4.69, 9.17) is 38.9 Å². The Morgan fingerprint density at radius 1 is 0.519 bits per heavy atom. The van der Waals surface area contributed by atoms with Crippen LogP contribution in [-0.2, 0) is 38.0 Å². The van der Waals surface area contributed by atoms with E-state index in [0.717, 1.165) is 68.8 Å². The van der Waals surface area contributed by atoms with Gasteiger partial charge in [0.25, 0.3) is 0 Å². The molecular weight excluding hydrogens is 1410 g/mol. The average molecular weight is 1560 g/mol. The van der Waals surface area contributed by atoms with E-state index in [-0.39, 0.29) is 74.2 Å². The molecule has 5 heterocycles. The molecule has 5 aliphatic heterocycles. The van der Waals surface area contributed by atoms with E-state index in [9.17, 15) is 19.5 Å². The number of hydrogen-bond acceptors (Lipinski definition) is 12. The maximum absolute atomic E-state index is 11.9. The van der Waals surface area contributed by atoms with Crippen LogP contribution in [0.5, 0.6) is 0 Å². The number of benzene rings is 3. The van der Waals surface area contributed by atoms with Gasteiger partial charge in [-0.3, -0.25) is 4.79 Å². The summed E-state index contributed by atoms with van der Waals surface area (Å²) in [4.78, 5) is 34.4. The van der Waals surface area contributed by atoms with Gasteiger partial charge in [-0.25, -0.2) is 9.59 Å². The molecule has 16 heteroatoms. The first-order valence-corrected chi connectivity index (χ1v) is 43.3.